The van der Waals surface area contributed by atoms with Crippen LogP contribution in [0, 0.1) is 5.92 Å². The van der Waals surface area contributed by atoms with Crippen LogP contribution in [-0.4, -0.2) is 52.8 Å². The van der Waals surface area contributed by atoms with Crippen molar-refractivity contribution in [1.29, 1.82) is 0 Å². The minimum atomic E-state index is 0.505. The number of nitrogens with zero attached hydrogens (tertiary/aromatic N) is 4. The van der Waals surface area contributed by atoms with Crippen LogP contribution in [0.2, 0.25) is 0 Å². The van der Waals surface area contributed by atoms with Gasteiger partial charge >= 0.3 is 0 Å². The lowest BCUT2D eigenvalue weighted by Crippen LogP contribution is -2.43. The second-order valence-electron chi connectivity index (χ2n) is 6.58. The zero-order valence-corrected chi connectivity index (χ0v) is 14.0. The van der Waals surface area contributed by atoms with Gasteiger partial charge in [-0.2, -0.15) is 5.10 Å². The summed E-state index contributed by atoms with van der Waals surface area (Å²) in [7, 11) is 4.21. The van der Waals surface area contributed by atoms with E-state index in [0.717, 1.165) is 19.6 Å². The van der Waals surface area contributed by atoms with Crippen molar-refractivity contribution in [3.8, 4) is 0 Å². The molecule has 0 unspecified atom stereocenters. The van der Waals surface area contributed by atoms with Crippen LogP contribution < -0.4 is 0 Å². The van der Waals surface area contributed by atoms with Crippen molar-refractivity contribution in [3.63, 3.8) is 0 Å². The summed E-state index contributed by atoms with van der Waals surface area (Å²) in [5.41, 5.74) is 2.60. The summed E-state index contributed by atoms with van der Waals surface area (Å²) in [6, 6.07) is 0.505. The first kappa shape index (κ1) is 16.2. The first-order valence-corrected chi connectivity index (χ1v) is 8.06. The lowest BCUT2D eigenvalue weighted by molar-refractivity contribution is 0.0782. The van der Waals surface area contributed by atoms with Crippen molar-refractivity contribution in [1.82, 2.24) is 19.6 Å². The molecule has 2 rings (SSSR count). The third-order valence-corrected chi connectivity index (χ3v) is 4.42. The minimum absolute atomic E-state index is 0.505. The van der Waals surface area contributed by atoms with Crippen LogP contribution >= 0.6 is 0 Å². The number of rotatable bonds is 6. The molecule has 2 atom stereocenters. The smallest absolute Gasteiger partial charge is 0.0537 e. The maximum Gasteiger partial charge on any atom is 0.0537 e. The molecule has 21 heavy (non-hydrogen) atoms. The van der Waals surface area contributed by atoms with E-state index in [1.165, 1.54) is 30.5 Å². The number of aromatic nitrogens is 2. The molecule has 1 aromatic rings. The molecule has 1 saturated heterocycles. The zero-order chi connectivity index (χ0) is 15.4. The van der Waals surface area contributed by atoms with Gasteiger partial charge < -0.3 is 4.90 Å². The van der Waals surface area contributed by atoms with Crippen molar-refractivity contribution >= 4 is 0 Å². The fourth-order valence-corrected chi connectivity index (χ4v) is 3.70. The van der Waals surface area contributed by atoms with E-state index in [9.17, 15) is 0 Å². The first-order valence-electron chi connectivity index (χ1n) is 8.06. The third kappa shape index (κ3) is 4.17. The molecule has 0 amide bonds. The highest BCUT2D eigenvalue weighted by Gasteiger charge is 2.33. The van der Waals surface area contributed by atoms with Crippen molar-refractivity contribution in [2.24, 2.45) is 13.0 Å². The second kappa shape index (κ2) is 7.23. The van der Waals surface area contributed by atoms with Gasteiger partial charge in [0.1, 0.15) is 0 Å². The molecule has 0 saturated carbocycles. The SMILES string of the molecule is C=C(C)CN(C)C[C@@H]1CCCN(CC)[C@H]1c1cnn(C)c1. The monoisotopic (exact) mass is 290 g/mol. The summed E-state index contributed by atoms with van der Waals surface area (Å²) in [4.78, 5) is 5.02. The fourth-order valence-electron chi connectivity index (χ4n) is 3.70. The van der Waals surface area contributed by atoms with Gasteiger partial charge in [0.2, 0.25) is 0 Å². The standard InChI is InChI=1S/C17H30N4/c1-6-21-9-7-8-15(12-19(4)11-14(2)3)17(21)16-10-18-20(5)13-16/h10,13,15,17H,2,6-9,11-12H2,1,3-5H3/t15-,17+/m0/s1. The van der Waals surface area contributed by atoms with Gasteiger partial charge in [0.25, 0.3) is 0 Å². The van der Waals surface area contributed by atoms with Crippen LogP contribution in [0.15, 0.2) is 24.5 Å². The summed E-state index contributed by atoms with van der Waals surface area (Å²) in [6.45, 7) is 12.8. The average molecular weight is 290 g/mol. The van der Waals surface area contributed by atoms with Gasteiger partial charge in [-0.25, -0.2) is 0 Å². The third-order valence-electron chi connectivity index (χ3n) is 4.42. The average Bonchev–Trinajstić information content (AvgIpc) is 2.83. The van der Waals surface area contributed by atoms with Crippen LogP contribution in [0.25, 0.3) is 0 Å². The Morgan fingerprint density at radius 1 is 1.52 bits per heavy atom. The van der Waals surface area contributed by atoms with E-state index in [1.54, 1.807) is 0 Å². The molecule has 0 N–H and O–H groups in total. The van der Waals surface area contributed by atoms with Gasteiger partial charge in [-0.1, -0.05) is 19.1 Å². The van der Waals surface area contributed by atoms with Crippen molar-refractivity contribution < 1.29 is 0 Å². The maximum atomic E-state index is 4.38. The molecule has 0 aromatic carbocycles. The number of hydrogen-bond donors (Lipinski definition) is 0. The van der Waals surface area contributed by atoms with E-state index in [1.807, 2.05) is 17.9 Å². The Kier molecular flexibility index (Phi) is 5.59. The number of likely N-dealkylation sites (tertiary alicyclic amines) is 1. The molecule has 4 heteroatoms. The minimum Gasteiger partial charge on any atom is -0.302 e. The largest absolute Gasteiger partial charge is 0.302 e. The Hall–Kier alpha value is -1.13. The van der Waals surface area contributed by atoms with Crippen LogP contribution in [0.5, 0.6) is 0 Å². The Morgan fingerprint density at radius 2 is 2.29 bits per heavy atom. The highest BCUT2D eigenvalue weighted by atomic mass is 15.3. The maximum absolute atomic E-state index is 4.38. The summed E-state index contributed by atoms with van der Waals surface area (Å²) >= 11 is 0. The first-order chi connectivity index (χ1) is 10.0. The Balaban J connectivity index is 2.14. The number of likely N-dealkylation sites (N-methyl/N-ethyl adjacent to an activating group) is 1. The lowest BCUT2D eigenvalue weighted by atomic mass is 9.85. The molecule has 1 aliphatic heterocycles. The molecule has 2 heterocycles. The van der Waals surface area contributed by atoms with E-state index >= 15 is 0 Å². The summed E-state index contributed by atoms with van der Waals surface area (Å²) in [6.07, 6.45) is 6.83. The molecule has 0 aliphatic carbocycles. The van der Waals surface area contributed by atoms with Crippen LogP contribution in [0.3, 0.4) is 0 Å². The van der Waals surface area contributed by atoms with Gasteiger partial charge in [0.05, 0.1) is 6.20 Å². The molecule has 0 radical (unpaired) electrons. The predicted molar refractivity (Wildman–Crippen MR) is 88.2 cm³/mol. The van der Waals surface area contributed by atoms with Gasteiger partial charge in [-0.3, -0.25) is 9.58 Å². The molecule has 1 fully saturated rings. The highest BCUT2D eigenvalue weighted by molar-refractivity contribution is 5.13. The summed E-state index contributed by atoms with van der Waals surface area (Å²) in [5.74, 6) is 0.673. The Labute approximate surface area is 129 Å². The lowest BCUT2D eigenvalue weighted by Gasteiger charge is -2.42. The second-order valence-corrected chi connectivity index (χ2v) is 6.58. The number of piperidine rings is 1. The summed E-state index contributed by atoms with van der Waals surface area (Å²) in [5, 5.41) is 4.38. The van der Waals surface area contributed by atoms with E-state index in [4.69, 9.17) is 0 Å². The topological polar surface area (TPSA) is 24.3 Å². The van der Waals surface area contributed by atoms with Crippen molar-refractivity contribution in [3.05, 3.63) is 30.1 Å². The number of aryl methyl sites for hydroxylation is 1. The van der Waals surface area contributed by atoms with Gasteiger partial charge in [0.15, 0.2) is 0 Å². The summed E-state index contributed by atoms with van der Waals surface area (Å²) < 4.78 is 1.92. The van der Waals surface area contributed by atoms with Gasteiger partial charge in [0, 0.05) is 37.9 Å². The number of hydrogen-bond acceptors (Lipinski definition) is 3. The molecule has 118 valence electrons. The van der Waals surface area contributed by atoms with Gasteiger partial charge in [-0.05, 0) is 45.8 Å². The Bertz CT molecular complexity index is 465. The molecule has 0 bridgehead atoms. The van der Waals surface area contributed by atoms with Crippen molar-refractivity contribution in [2.75, 3.05) is 33.2 Å². The fraction of sp³-hybridized carbons (Fsp3) is 0.706. The van der Waals surface area contributed by atoms with E-state index in [2.05, 4.69) is 48.6 Å². The Morgan fingerprint density at radius 3 is 2.86 bits per heavy atom. The van der Waals surface area contributed by atoms with E-state index < -0.39 is 0 Å². The van der Waals surface area contributed by atoms with Crippen LogP contribution in [0.4, 0.5) is 0 Å². The molecule has 1 aromatic heterocycles. The molecular weight excluding hydrogens is 260 g/mol. The molecular formula is C17H30N4. The normalized spacial score (nSPS) is 23.7. The molecule has 0 spiro atoms. The molecule has 4 nitrogen and oxygen atoms in total. The van der Waals surface area contributed by atoms with Crippen molar-refractivity contribution in [2.45, 2.75) is 32.7 Å². The quantitative estimate of drug-likeness (QED) is 0.753. The van der Waals surface area contributed by atoms with Gasteiger partial charge in [-0.15, -0.1) is 0 Å². The van der Waals surface area contributed by atoms with E-state index in [-0.39, 0.29) is 0 Å². The molecule has 1 aliphatic rings. The predicted octanol–water partition coefficient (Wildman–Crippen LogP) is 2.70. The highest BCUT2D eigenvalue weighted by Crippen LogP contribution is 2.36. The van der Waals surface area contributed by atoms with Crippen LogP contribution in [-0.2, 0) is 7.05 Å². The van der Waals surface area contributed by atoms with Crippen LogP contribution in [0.1, 0.15) is 38.3 Å². The zero-order valence-electron chi connectivity index (χ0n) is 14.0. The van der Waals surface area contributed by atoms with E-state index in [0.29, 0.717) is 12.0 Å².